The van der Waals surface area contributed by atoms with Crippen molar-refractivity contribution in [3.63, 3.8) is 0 Å². The molecule has 3 aromatic rings. The first-order valence-corrected chi connectivity index (χ1v) is 10.1. The fourth-order valence-corrected chi connectivity index (χ4v) is 4.16. The van der Waals surface area contributed by atoms with E-state index in [9.17, 15) is 19.5 Å². The van der Waals surface area contributed by atoms with Gasteiger partial charge < -0.3 is 14.3 Å². The highest BCUT2D eigenvalue weighted by Gasteiger charge is 2.45. The molecule has 1 N–H and O–H groups in total. The zero-order valence-corrected chi connectivity index (χ0v) is 16.7. The van der Waals surface area contributed by atoms with E-state index in [0.717, 1.165) is 0 Å². The van der Waals surface area contributed by atoms with Gasteiger partial charge in [-0.1, -0.05) is 6.07 Å². The van der Waals surface area contributed by atoms with E-state index in [1.54, 1.807) is 37.3 Å². The number of furan rings is 1. The minimum atomic E-state index is -0.816. The number of hydrogen-bond donors (Lipinski definition) is 1. The molecule has 8 heteroatoms. The number of carbonyl (C=O) groups is 3. The summed E-state index contributed by atoms with van der Waals surface area (Å²) in [5.74, 6) is -2.32. The van der Waals surface area contributed by atoms with Crippen molar-refractivity contribution in [2.75, 3.05) is 11.5 Å². The first-order valence-electron chi connectivity index (χ1n) is 9.18. The second kappa shape index (κ2) is 8.00. The normalized spacial score (nSPS) is 16.2. The number of ketones is 1. The zero-order valence-electron chi connectivity index (χ0n) is 15.9. The van der Waals surface area contributed by atoms with Gasteiger partial charge in [0.1, 0.15) is 6.04 Å². The first kappa shape index (κ1) is 19.7. The Morgan fingerprint density at radius 2 is 1.93 bits per heavy atom. The molecule has 0 bridgehead atoms. The van der Waals surface area contributed by atoms with Gasteiger partial charge in [0.05, 0.1) is 24.0 Å². The first-order chi connectivity index (χ1) is 14.5. The molecule has 1 atom stereocenters. The molecule has 1 aliphatic heterocycles. The summed E-state index contributed by atoms with van der Waals surface area (Å²) in [6.07, 6.45) is 1.35. The molecule has 0 spiro atoms. The Bertz CT molecular complexity index is 1110. The molecule has 0 fully saturated rings. The Hall–Kier alpha value is -3.65. The molecule has 1 amide bonds. The van der Waals surface area contributed by atoms with Crippen LogP contribution in [0.25, 0.3) is 0 Å². The summed E-state index contributed by atoms with van der Waals surface area (Å²) in [6.45, 7) is 1.97. The molecular weight excluding hydrogens is 406 g/mol. The number of Topliss-reactive ketones (excluding diaryl/α,β-unsaturated/α-hetero) is 1. The zero-order chi connectivity index (χ0) is 21.3. The van der Waals surface area contributed by atoms with Gasteiger partial charge in [-0.15, -0.1) is 11.3 Å². The second-order valence-corrected chi connectivity index (χ2v) is 7.41. The van der Waals surface area contributed by atoms with E-state index in [0.29, 0.717) is 16.1 Å². The summed E-state index contributed by atoms with van der Waals surface area (Å²) in [7, 11) is 0. The average Bonchev–Trinajstić information content (AvgIpc) is 3.50. The van der Waals surface area contributed by atoms with Crippen molar-refractivity contribution in [2.24, 2.45) is 0 Å². The predicted molar refractivity (Wildman–Crippen MR) is 110 cm³/mol. The summed E-state index contributed by atoms with van der Waals surface area (Å²) in [5, 5.41) is 12.4. The van der Waals surface area contributed by atoms with Crippen molar-refractivity contribution < 1.29 is 28.6 Å². The van der Waals surface area contributed by atoms with Crippen molar-refractivity contribution in [3.8, 4) is 0 Å². The van der Waals surface area contributed by atoms with Crippen LogP contribution in [0.3, 0.4) is 0 Å². The van der Waals surface area contributed by atoms with Gasteiger partial charge >= 0.3 is 5.97 Å². The fourth-order valence-electron chi connectivity index (χ4n) is 3.33. The number of carbonyl (C=O) groups excluding carboxylic acids is 3. The van der Waals surface area contributed by atoms with Gasteiger partial charge in [-0.3, -0.25) is 14.5 Å². The molecule has 0 aliphatic carbocycles. The van der Waals surface area contributed by atoms with Crippen molar-refractivity contribution in [2.45, 2.75) is 13.0 Å². The third kappa shape index (κ3) is 3.31. The maximum atomic E-state index is 13.0. The van der Waals surface area contributed by atoms with E-state index in [4.69, 9.17) is 9.15 Å². The Labute approximate surface area is 175 Å². The van der Waals surface area contributed by atoms with Gasteiger partial charge in [0.25, 0.3) is 5.91 Å². The minimum Gasteiger partial charge on any atom is -0.503 e. The van der Waals surface area contributed by atoms with Crippen LogP contribution >= 0.6 is 11.3 Å². The maximum absolute atomic E-state index is 13.0. The second-order valence-electron chi connectivity index (χ2n) is 6.43. The lowest BCUT2D eigenvalue weighted by atomic mass is 10.00. The number of thiophene rings is 1. The Morgan fingerprint density at radius 1 is 1.17 bits per heavy atom. The minimum absolute atomic E-state index is 0.0328. The highest BCUT2D eigenvalue weighted by molar-refractivity contribution is 7.10. The molecule has 1 aromatic carbocycles. The molecule has 0 saturated carbocycles. The van der Waals surface area contributed by atoms with Crippen molar-refractivity contribution in [3.05, 3.63) is 87.7 Å². The summed E-state index contributed by atoms with van der Waals surface area (Å²) in [6, 6.07) is 12.1. The lowest BCUT2D eigenvalue weighted by Crippen LogP contribution is -2.30. The molecule has 30 heavy (non-hydrogen) atoms. The van der Waals surface area contributed by atoms with E-state index >= 15 is 0 Å². The molecule has 1 unspecified atom stereocenters. The van der Waals surface area contributed by atoms with Gasteiger partial charge in [0.15, 0.2) is 11.5 Å². The van der Waals surface area contributed by atoms with Crippen LogP contribution in [-0.2, 0) is 9.53 Å². The van der Waals surface area contributed by atoms with Crippen molar-refractivity contribution in [1.82, 2.24) is 0 Å². The topological polar surface area (TPSA) is 97.0 Å². The van der Waals surface area contributed by atoms with E-state index in [1.807, 2.05) is 5.38 Å². The van der Waals surface area contributed by atoms with Crippen LogP contribution in [0.5, 0.6) is 0 Å². The van der Waals surface area contributed by atoms with Gasteiger partial charge in [-0.05, 0) is 54.8 Å². The third-order valence-electron chi connectivity index (χ3n) is 4.67. The van der Waals surface area contributed by atoms with E-state index < -0.39 is 29.5 Å². The molecule has 2 aromatic heterocycles. The fraction of sp³-hybridized carbons (Fsp3) is 0.136. The third-order valence-corrected chi connectivity index (χ3v) is 5.59. The maximum Gasteiger partial charge on any atom is 0.338 e. The van der Waals surface area contributed by atoms with Gasteiger partial charge in [-0.25, -0.2) is 4.79 Å². The van der Waals surface area contributed by atoms with Crippen molar-refractivity contribution in [1.29, 1.82) is 0 Å². The van der Waals surface area contributed by atoms with E-state index in [1.165, 1.54) is 40.7 Å². The Kier molecular flexibility index (Phi) is 5.24. The lowest BCUT2D eigenvalue weighted by molar-refractivity contribution is -0.117. The smallest absolute Gasteiger partial charge is 0.338 e. The summed E-state index contributed by atoms with van der Waals surface area (Å²) in [4.78, 5) is 39.9. The van der Waals surface area contributed by atoms with E-state index in [-0.39, 0.29) is 17.9 Å². The summed E-state index contributed by atoms with van der Waals surface area (Å²) in [5.41, 5.74) is 0.719. The number of hydrogen-bond acceptors (Lipinski definition) is 7. The number of rotatable bonds is 6. The summed E-state index contributed by atoms with van der Waals surface area (Å²) >= 11 is 1.36. The van der Waals surface area contributed by atoms with Crippen molar-refractivity contribution >= 4 is 34.7 Å². The molecule has 7 nitrogen and oxygen atoms in total. The number of esters is 1. The standard InChI is InChI=1S/C22H17NO6S/c1-2-28-22(27)13-7-9-14(10-8-13)23-18(16-6-4-12-30-16)17(20(25)21(23)26)19(24)15-5-3-11-29-15/h3-12,18,25H,2H2,1H3. The number of benzene rings is 1. The van der Waals surface area contributed by atoms with Gasteiger partial charge in [-0.2, -0.15) is 0 Å². The molecular formula is C22H17NO6S. The number of anilines is 1. The molecule has 0 saturated heterocycles. The molecule has 152 valence electrons. The molecule has 1 aliphatic rings. The average molecular weight is 423 g/mol. The number of ether oxygens (including phenoxy) is 1. The predicted octanol–water partition coefficient (Wildman–Crippen LogP) is 4.30. The largest absolute Gasteiger partial charge is 0.503 e. The van der Waals surface area contributed by atoms with Crippen LogP contribution in [0.2, 0.25) is 0 Å². The van der Waals surface area contributed by atoms with Crippen LogP contribution in [0.4, 0.5) is 5.69 Å². The Morgan fingerprint density at radius 3 is 2.53 bits per heavy atom. The highest BCUT2D eigenvalue weighted by atomic mass is 32.1. The van der Waals surface area contributed by atoms with Crippen LogP contribution in [0.15, 0.2) is 75.9 Å². The molecule has 0 radical (unpaired) electrons. The molecule has 3 heterocycles. The van der Waals surface area contributed by atoms with Crippen LogP contribution in [0, 0.1) is 0 Å². The highest BCUT2D eigenvalue weighted by Crippen LogP contribution is 2.43. The number of nitrogens with zero attached hydrogens (tertiary/aromatic N) is 1. The Balaban J connectivity index is 1.76. The van der Waals surface area contributed by atoms with E-state index in [2.05, 4.69) is 0 Å². The van der Waals surface area contributed by atoms with Crippen LogP contribution in [0.1, 0.15) is 38.8 Å². The lowest BCUT2D eigenvalue weighted by Gasteiger charge is -2.25. The van der Waals surface area contributed by atoms with Crippen LogP contribution < -0.4 is 4.90 Å². The monoisotopic (exact) mass is 423 g/mol. The van der Waals surface area contributed by atoms with Gasteiger partial charge in [0.2, 0.25) is 5.78 Å². The SMILES string of the molecule is CCOC(=O)c1ccc(N2C(=O)C(O)=C(C(=O)c3ccco3)C2c2cccs2)cc1. The molecule has 4 rings (SSSR count). The number of aliphatic hydroxyl groups is 1. The van der Waals surface area contributed by atoms with Crippen LogP contribution in [-0.4, -0.2) is 29.4 Å². The number of amides is 1. The number of aliphatic hydroxyl groups excluding tert-OH is 1. The van der Waals surface area contributed by atoms with Gasteiger partial charge in [0, 0.05) is 10.6 Å². The summed E-state index contributed by atoms with van der Waals surface area (Å²) < 4.78 is 10.2. The quantitative estimate of drug-likeness (QED) is 0.469.